The first-order valence-electron chi connectivity index (χ1n) is 7.72. The van der Waals surface area contributed by atoms with Crippen molar-refractivity contribution in [2.24, 2.45) is 0 Å². The third kappa shape index (κ3) is 3.18. The van der Waals surface area contributed by atoms with E-state index in [1.54, 1.807) is 23.1 Å². The monoisotopic (exact) mass is 357 g/mol. The van der Waals surface area contributed by atoms with E-state index in [-0.39, 0.29) is 17.7 Å². The molecule has 3 rings (SSSR count). The minimum absolute atomic E-state index is 0.103. The number of nitrogens with one attached hydrogen (secondary N) is 1. The van der Waals surface area contributed by atoms with Gasteiger partial charge in [-0.2, -0.15) is 0 Å². The van der Waals surface area contributed by atoms with Crippen molar-refractivity contribution >= 4 is 33.2 Å². The molecule has 2 aliphatic heterocycles. The zero-order valence-electron chi connectivity index (χ0n) is 13.0. The normalized spacial score (nSPS) is 24.0. The van der Waals surface area contributed by atoms with Gasteiger partial charge in [-0.15, -0.1) is 0 Å². The Bertz CT molecular complexity index is 723. The van der Waals surface area contributed by atoms with Crippen LogP contribution in [0.25, 0.3) is 0 Å². The van der Waals surface area contributed by atoms with Gasteiger partial charge in [-0.1, -0.05) is 11.6 Å². The molecule has 6 nitrogen and oxygen atoms in total. The average Bonchev–Trinajstić information content (AvgIpc) is 2.86. The molecule has 23 heavy (non-hydrogen) atoms. The summed E-state index contributed by atoms with van der Waals surface area (Å²) < 4.78 is 25.3. The lowest BCUT2D eigenvalue weighted by molar-refractivity contribution is 0.0656. The number of carbonyl (C=O) groups is 1. The minimum Gasteiger partial charge on any atom is -0.333 e. The van der Waals surface area contributed by atoms with Crippen LogP contribution in [0.4, 0.5) is 5.69 Å². The van der Waals surface area contributed by atoms with Crippen molar-refractivity contribution in [2.45, 2.75) is 19.4 Å². The predicted molar refractivity (Wildman–Crippen MR) is 90.6 cm³/mol. The predicted octanol–water partition coefficient (Wildman–Crippen LogP) is 1.31. The molecule has 1 atom stereocenters. The van der Waals surface area contributed by atoms with Gasteiger partial charge in [0.05, 0.1) is 22.0 Å². The zero-order valence-corrected chi connectivity index (χ0v) is 14.5. The minimum atomic E-state index is -3.25. The van der Waals surface area contributed by atoms with Gasteiger partial charge in [-0.05, 0) is 31.5 Å². The van der Waals surface area contributed by atoms with E-state index in [0.717, 1.165) is 13.1 Å². The van der Waals surface area contributed by atoms with Crippen LogP contribution in [0.15, 0.2) is 18.2 Å². The summed E-state index contributed by atoms with van der Waals surface area (Å²) in [5.74, 6) is 0.0451. The number of rotatable bonds is 2. The average molecular weight is 358 g/mol. The first-order valence-corrected chi connectivity index (χ1v) is 9.70. The van der Waals surface area contributed by atoms with Crippen LogP contribution in [0.3, 0.4) is 0 Å². The number of benzene rings is 1. The molecule has 1 aromatic rings. The van der Waals surface area contributed by atoms with E-state index in [9.17, 15) is 13.2 Å². The van der Waals surface area contributed by atoms with Crippen LogP contribution in [-0.4, -0.2) is 57.2 Å². The molecule has 0 saturated carbocycles. The number of piperazine rings is 1. The fraction of sp³-hybridized carbons (Fsp3) is 0.533. The van der Waals surface area contributed by atoms with Gasteiger partial charge in [0, 0.05) is 32.2 Å². The van der Waals surface area contributed by atoms with Gasteiger partial charge in [0.1, 0.15) is 0 Å². The first-order chi connectivity index (χ1) is 10.9. The Morgan fingerprint density at radius 3 is 2.74 bits per heavy atom. The molecule has 2 saturated heterocycles. The van der Waals surface area contributed by atoms with E-state index in [0.29, 0.717) is 35.8 Å². The zero-order chi connectivity index (χ0) is 16.6. The Kier molecular flexibility index (Phi) is 4.53. The molecule has 8 heteroatoms. The third-order valence-electron chi connectivity index (χ3n) is 4.33. The highest BCUT2D eigenvalue weighted by Crippen LogP contribution is 2.29. The molecule has 126 valence electrons. The molecule has 2 heterocycles. The molecule has 0 aliphatic carbocycles. The van der Waals surface area contributed by atoms with Gasteiger partial charge < -0.3 is 10.2 Å². The third-order valence-corrected chi connectivity index (χ3v) is 6.51. The SMILES string of the molecule is CC1CNCCN1C(=O)c1ccc(N2CCCS2(=O)=O)cc1Cl. The summed E-state index contributed by atoms with van der Waals surface area (Å²) in [5, 5.41) is 3.53. The second-order valence-corrected chi connectivity index (χ2v) is 8.38. The fourth-order valence-corrected chi connectivity index (χ4v) is 4.87. The summed E-state index contributed by atoms with van der Waals surface area (Å²) in [5.41, 5.74) is 0.943. The number of hydrogen-bond donors (Lipinski definition) is 1. The Hall–Kier alpha value is -1.31. The van der Waals surface area contributed by atoms with Gasteiger partial charge in [0.25, 0.3) is 5.91 Å². The van der Waals surface area contributed by atoms with Crippen LogP contribution in [0.5, 0.6) is 0 Å². The van der Waals surface area contributed by atoms with E-state index >= 15 is 0 Å². The van der Waals surface area contributed by atoms with E-state index in [2.05, 4.69) is 5.32 Å². The van der Waals surface area contributed by atoms with Crippen LogP contribution in [-0.2, 0) is 10.0 Å². The summed E-state index contributed by atoms with van der Waals surface area (Å²) in [6.45, 7) is 4.60. The number of halogens is 1. The second kappa shape index (κ2) is 6.30. The molecule has 0 aromatic heterocycles. The number of anilines is 1. The number of hydrogen-bond acceptors (Lipinski definition) is 4. The van der Waals surface area contributed by atoms with Crippen molar-refractivity contribution in [3.8, 4) is 0 Å². The molecule has 1 amide bonds. The van der Waals surface area contributed by atoms with Crippen LogP contribution in [0.1, 0.15) is 23.7 Å². The maximum Gasteiger partial charge on any atom is 0.255 e. The van der Waals surface area contributed by atoms with Gasteiger partial charge in [-0.3, -0.25) is 9.10 Å². The Labute approximate surface area is 141 Å². The second-order valence-electron chi connectivity index (χ2n) is 5.96. The van der Waals surface area contributed by atoms with E-state index < -0.39 is 10.0 Å². The lowest BCUT2D eigenvalue weighted by Crippen LogP contribution is -2.52. The Morgan fingerprint density at radius 2 is 2.13 bits per heavy atom. The fourth-order valence-electron chi connectivity index (χ4n) is 3.06. The summed E-state index contributed by atoms with van der Waals surface area (Å²) >= 11 is 6.28. The van der Waals surface area contributed by atoms with E-state index in [1.165, 1.54) is 4.31 Å². The first kappa shape index (κ1) is 16.5. The lowest BCUT2D eigenvalue weighted by atomic mass is 10.1. The van der Waals surface area contributed by atoms with Crippen LogP contribution < -0.4 is 9.62 Å². The van der Waals surface area contributed by atoms with E-state index in [4.69, 9.17) is 11.6 Å². The largest absolute Gasteiger partial charge is 0.333 e. The summed E-state index contributed by atoms with van der Waals surface area (Å²) in [6.07, 6.45) is 0.610. The molecule has 1 unspecified atom stereocenters. The summed E-state index contributed by atoms with van der Waals surface area (Å²) in [4.78, 5) is 14.5. The van der Waals surface area contributed by atoms with Crippen LogP contribution in [0, 0.1) is 0 Å². The molecular formula is C15H20ClN3O3S. The van der Waals surface area contributed by atoms with E-state index in [1.807, 2.05) is 6.92 Å². The van der Waals surface area contributed by atoms with Crippen molar-refractivity contribution in [3.63, 3.8) is 0 Å². The number of amides is 1. The smallest absolute Gasteiger partial charge is 0.255 e. The van der Waals surface area contributed by atoms with Crippen molar-refractivity contribution in [1.82, 2.24) is 10.2 Å². The summed E-state index contributed by atoms with van der Waals surface area (Å²) in [7, 11) is -3.25. The standard InChI is InChI=1S/C15H20ClN3O3S/c1-11-10-17-5-7-18(11)15(20)13-4-3-12(9-14(13)16)19-6-2-8-23(19,21)22/h3-4,9,11,17H,2,5-8,10H2,1H3. The lowest BCUT2D eigenvalue weighted by Gasteiger charge is -2.34. The molecule has 1 aromatic carbocycles. The van der Waals surface area contributed by atoms with Crippen molar-refractivity contribution in [3.05, 3.63) is 28.8 Å². The van der Waals surface area contributed by atoms with Gasteiger partial charge >= 0.3 is 0 Å². The Balaban J connectivity index is 1.86. The maximum absolute atomic E-state index is 12.7. The molecule has 0 radical (unpaired) electrons. The highest BCUT2D eigenvalue weighted by Gasteiger charge is 2.30. The van der Waals surface area contributed by atoms with Crippen LogP contribution in [0.2, 0.25) is 5.02 Å². The maximum atomic E-state index is 12.7. The van der Waals surface area contributed by atoms with Gasteiger partial charge in [0.15, 0.2) is 0 Å². The van der Waals surface area contributed by atoms with Crippen LogP contribution >= 0.6 is 11.6 Å². The molecule has 0 bridgehead atoms. The van der Waals surface area contributed by atoms with Crippen molar-refractivity contribution < 1.29 is 13.2 Å². The van der Waals surface area contributed by atoms with Gasteiger partial charge in [0.2, 0.25) is 10.0 Å². The number of carbonyl (C=O) groups excluding carboxylic acids is 1. The quantitative estimate of drug-likeness (QED) is 0.866. The molecule has 2 fully saturated rings. The van der Waals surface area contributed by atoms with Gasteiger partial charge in [-0.25, -0.2) is 8.42 Å². The molecule has 2 aliphatic rings. The highest BCUT2D eigenvalue weighted by molar-refractivity contribution is 7.93. The molecule has 0 spiro atoms. The van der Waals surface area contributed by atoms with Crippen molar-refractivity contribution in [1.29, 1.82) is 0 Å². The highest BCUT2D eigenvalue weighted by atomic mass is 35.5. The summed E-state index contributed by atoms with van der Waals surface area (Å²) in [6, 6.07) is 4.97. The topological polar surface area (TPSA) is 69.7 Å². The Morgan fingerprint density at radius 1 is 1.35 bits per heavy atom. The number of nitrogens with zero attached hydrogens (tertiary/aromatic N) is 2. The van der Waals surface area contributed by atoms with Crippen molar-refractivity contribution in [2.75, 3.05) is 36.2 Å². The molecule has 1 N–H and O–H groups in total. The number of sulfonamides is 1. The molecular weight excluding hydrogens is 338 g/mol.